The van der Waals surface area contributed by atoms with E-state index >= 15 is 0 Å². The maximum Gasteiger partial charge on any atom is 0.573 e. The van der Waals surface area contributed by atoms with E-state index in [-0.39, 0.29) is 25.4 Å². The van der Waals surface area contributed by atoms with Gasteiger partial charge in [0.15, 0.2) is 0 Å². The molecule has 1 atom stereocenters. The van der Waals surface area contributed by atoms with Crippen LogP contribution in [-0.4, -0.2) is 48.7 Å². The fraction of sp³-hybridized carbons (Fsp3) is 0.318. The molecule has 11 heteroatoms. The maximum atomic E-state index is 12.7. The summed E-state index contributed by atoms with van der Waals surface area (Å²) in [6.45, 7) is 3.38. The molecule has 0 aromatic heterocycles. The third-order valence-electron chi connectivity index (χ3n) is 4.78. The minimum Gasteiger partial charge on any atom is -0.465 e. The first kappa shape index (κ1) is 24.4. The lowest BCUT2D eigenvalue weighted by molar-refractivity contribution is -0.274. The van der Waals surface area contributed by atoms with E-state index < -0.39 is 29.4 Å². The molecule has 0 fully saturated rings. The first-order valence-corrected chi connectivity index (χ1v) is 10.3. The Morgan fingerprint density at radius 1 is 1.21 bits per heavy atom. The highest BCUT2D eigenvalue weighted by Crippen LogP contribution is 2.33. The van der Waals surface area contributed by atoms with Crippen LogP contribution in [0.4, 0.5) is 18.9 Å². The van der Waals surface area contributed by atoms with Gasteiger partial charge in [-0.1, -0.05) is 29.8 Å². The normalized spacial score (nSPS) is 18.0. The molecule has 33 heavy (non-hydrogen) atoms. The van der Waals surface area contributed by atoms with E-state index in [0.29, 0.717) is 16.3 Å². The Morgan fingerprint density at radius 3 is 2.55 bits per heavy atom. The average molecular weight is 484 g/mol. The predicted molar refractivity (Wildman–Crippen MR) is 116 cm³/mol. The van der Waals surface area contributed by atoms with Crippen molar-refractivity contribution in [1.29, 1.82) is 0 Å². The number of benzene rings is 2. The number of carbonyl (C=O) groups is 2. The molecule has 0 bridgehead atoms. The van der Waals surface area contributed by atoms with Crippen molar-refractivity contribution >= 4 is 34.9 Å². The average Bonchev–Trinajstić information content (AvgIpc) is 3.05. The molecular formula is C22H21ClF3N3O4. The van der Waals surface area contributed by atoms with Crippen LogP contribution in [0.2, 0.25) is 5.02 Å². The highest BCUT2D eigenvalue weighted by molar-refractivity contribution is 6.30. The van der Waals surface area contributed by atoms with Gasteiger partial charge in [0, 0.05) is 16.8 Å². The zero-order valence-corrected chi connectivity index (χ0v) is 18.5. The summed E-state index contributed by atoms with van der Waals surface area (Å²) in [4.78, 5) is 25.3. The lowest BCUT2D eigenvalue weighted by Gasteiger charge is -2.24. The lowest BCUT2D eigenvalue weighted by atomic mass is 9.82. The van der Waals surface area contributed by atoms with Crippen molar-refractivity contribution in [3.05, 3.63) is 59.1 Å². The molecule has 7 nitrogen and oxygen atoms in total. The number of esters is 1. The van der Waals surface area contributed by atoms with Crippen molar-refractivity contribution in [2.45, 2.75) is 20.2 Å². The molecule has 0 spiro atoms. The van der Waals surface area contributed by atoms with E-state index in [1.807, 2.05) is 0 Å². The van der Waals surface area contributed by atoms with Gasteiger partial charge in [0.05, 0.1) is 18.9 Å². The summed E-state index contributed by atoms with van der Waals surface area (Å²) in [5.41, 5.74) is 0.0572. The van der Waals surface area contributed by atoms with Crippen molar-refractivity contribution in [3.63, 3.8) is 0 Å². The van der Waals surface area contributed by atoms with Crippen LogP contribution in [0.25, 0.3) is 0 Å². The number of alkyl halides is 3. The summed E-state index contributed by atoms with van der Waals surface area (Å²) < 4.78 is 46.4. The van der Waals surface area contributed by atoms with Gasteiger partial charge >= 0.3 is 12.3 Å². The summed E-state index contributed by atoms with van der Waals surface area (Å²) in [6, 6.07) is 11.7. The number of halogens is 4. The molecule has 2 aromatic rings. The number of hydrogen-bond acceptors (Lipinski definition) is 6. The molecular weight excluding hydrogens is 463 g/mol. The number of nitrogens with one attached hydrogen (secondary N) is 1. The highest BCUT2D eigenvalue weighted by atomic mass is 35.5. The Kier molecular flexibility index (Phi) is 7.16. The molecule has 0 saturated heterocycles. The second kappa shape index (κ2) is 9.70. The third kappa shape index (κ3) is 6.16. The number of hydrazone groups is 1. The van der Waals surface area contributed by atoms with Gasteiger partial charge in [0.1, 0.15) is 17.7 Å². The van der Waals surface area contributed by atoms with Gasteiger partial charge in [-0.25, -0.2) is 0 Å². The van der Waals surface area contributed by atoms with Gasteiger partial charge in [-0.2, -0.15) is 5.10 Å². The Bertz CT molecular complexity index is 1060. The van der Waals surface area contributed by atoms with Crippen LogP contribution < -0.4 is 10.1 Å². The molecule has 176 valence electrons. The Morgan fingerprint density at radius 2 is 1.91 bits per heavy atom. The molecule has 0 radical (unpaired) electrons. The van der Waals surface area contributed by atoms with Crippen molar-refractivity contribution in [2.75, 3.05) is 25.0 Å². The van der Waals surface area contributed by atoms with E-state index in [4.69, 9.17) is 16.3 Å². The van der Waals surface area contributed by atoms with Crippen LogP contribution >= 0.6 is 11.6 Å². The van der Waals surface area contributed by atoms with Gasteiger partial charge in [0.2, 0.25) is 5.91 Å². The SMILES string of the molecule is CCOC(=O)C1(C)CN(CC(=O)Nc2cccc(OC(F)(F)F)c2)N=C1c1ccc(Cl)cc1. The van der Waals surface area contributed by atoms with Gasteiger partial charge in [0.25, 0.3) is 0 Å². The first-order chi connectivity index (χ1) is 15.5. The van der Waals surface area contributed by atoms with Crippen LogP contribution in [0.5, 0.6) is 5.75 Å². The Hall–Kier alpha value is -3.27. The summed E-state index contributed by atoms with van der Waals surface area (Å²) in [5, 5.41) is 8.90. The fourth-order valence-electron chi connectivity index (χ4n) is 3.39. The molecule has 1 unspecified atom stereocenters. The molecule has 1 amide bonds. The zero-order valence-electron chi connectivity index (χ0n) is 17.8. The minimum absolute atomic E-state index is 0.0778. The standard InChI is InChI=1S/C22H21ClF3N3O4/c1-3-32-20(31)21(2)13-29(28-19(21)14-7-9-15(23)10-8-14)12-18(30)27-16-5-4-6-17(11-16)33-22(24,25)26/h4-11H,3,12-13H2,1-2H3,(H,27,30). The van der Waals surface area contributed by atoms with E-state index in [9.17, 15) is 22.8 Å². The molecule has 1 aliphatic rings. The number of hydrogen-bond donors (Lipinski definition) is 1. The van der Waals surface area contributed by atoms with Crippen LogP contribution in [0.15, 0.2) is 53.6 Å². The quantitative estimate of drug-likeness (QED) is 0.588. The van der Waals surface area contributed by atoms with Crippen molar-refractivity contribution in [1.82, 2.24) is 5.01 Å². The predicted octanol–water partition coefficient (Wildman–Crippen LogP) is 4.47. The van der Waals surface area contributed by atoms with Crippen LogP contribution in [0.1, 0.15) is 19.4 Å². The summed E-state index contributed by atoms with van der Waals surface area (Å²) in [7, 11) is 0. The number of ether oxygens (including phenoxy) is 2. The number of anilines is 1. The molecule has 3 rings (SSSR count). The minimum atomic E-state index is -4.84. The maximum absolute atomic E-state index is 12.7. The smallest absolute Gasteiger partial charge is 0.465 e. The zero-order chi connectivity index (χ0) is 24.2. The molecule has 0 saturated carbocycles. The first-order valence-electron chi connectivity index (χ1n) is 9.93. The number of carbonyl (C=O) groups excluding carboxylic acids is 2. The van der Waals surface area contributed by atoms with E-state index in [2.05, 4.69) is 15.2 Å². The van der Waals surface area contributed by atoms with Gasteiger partial charge in [-0.05, 0) is 43.7 Å². The Balaban J connectivity index is 1.76. The van der Waals surface area contributed by atoms with Crippen molar-refractivity contribution in [2.24, 2.45) is 10.5 Å². The summed E-state index contributed by atoms with van der Waals surface area (Å²) >= 11 is 5.96. The van der Waals surface area contributed by atoms with Crippen LogP contribution in [-0.2, 0) is 14.3 Å². The molecule has 2 aromatic carbocycles. The summed E-state index contributed by atoms with van der Waals surface area (Å²) in [6.07, 6.45) is -4.84. The van der Waals surface area contributed by atoms with E-state index in [0.717, 1.165) is 12.1 Å². The number of nitrogens with zero attached hydrogens (tertiary/aromatic N) is 2. The van der Waals surface area contributed by atoms with Crippen molar-refractivity contribution < 1.29 is 32.2 Å². The molecule has 1 heterocycles. The summed E-state index contributed by atoms with van der Waals surface area (Å²) in [5.74, 6) is -1.48. The fourth-order valence-corrected chi connectivity index (χ4v) is 3.52. The number of amides is 1. The monoisotopic (exact) mass is 483 g/mol. The largest absolute Gasteiger partial charge is 0.573 e. The highest BCUT2D eigenvalue weighted by Gasteiger charge is 2.47. The molecule has 1 aliphatic heterocycles. The van der Waals surface area contributed by atoms with Gasteiger partial charge in [-0.3, -0.25) is 14.6 Å². The second-order valence-electron chi connectivity index (χ2n) is 7.45. The lowest BCUT2D eigenvalue weighted by Crippen LogP contribution is -2.41. The van der Waals surface area contributed by atoms with Gasteiger partial charge < -0.3 is 14.8 Å². The Labute approximate surface area is 193 Å². The van der Waals surface area contributed by atoms with Crippen molar-refractivity contribution in [3.8, 4) is 5.75 Å². The van der Waals surface area contributed by atoms with Crippen LogP contribution in [0.3, 0.4) is 0 Å². The molecule has 0 aliphatic carbocycles. The van der Waals surface area contributed by atoms with E-state index in [1.54, 1.807) is 38.1 Å². The molecule has 1 N–H and O–H groups in total. The van der Waals surface area contributed by atoms with Gasteiger partial charge in [-0.15, -0.1) is 13.2 Å². The third-order valence-corrected chi connectivity index (χ3v) is 5.04. The van der Waals surface area contributed by atoms with E-state index in [1.165, 1.54) is 17.1 Å². The topological polar surface area (TPSA) is 80.2 Å². The second-order valence-corrected chi connectivity index (χ2v) is 7.89. The van der Waals surface area contributed by atoms with Crippen LogP contribution in [0, 0.1) is 5.41 Å². The number of rotatable bonds is 7.